The highest BCUT2D eigenvalue weighted by Gasteiger charge is 2.29. The maximum atomic E-state index is 13.3. The van der Waals surface area contributed by atoms with Gasteiger partial charge in [0.25, 0.3) is 5.91 Å². The first-order chi connectivity index (χ1) is 17.1. The first-order valence-electron chi connectivity index (χ1n) is 11.8. The highest BCUT2D eigenvalue weighted by Crippen LogP contribution is 2.31. The molecule has 1 aliphatic heterocycles. The van der Waals surface area contributed by atoms with Gasteiger partial charge in [-0.1, -0.05) is 18.2 Å². The van der Waals surface area contributed by atoms with Gasteiger partial charge in [0, 0.05) is 74.7 Å². The van der Waals surface area contributed by atoms with Crippen LogP contribution in [0.25, 0.3) is 11.5 Å². The van der Waals surface area contributed by atoms with Gasteiger partial charge in [-0.2, -0.15) is 0 Å². The summed E-state index contributed by atoms with van der Waals surface area (Å²) in [5, 5.41) is 0. The van der Waals surface area contributed by atoms with Gasteiger partial charge in [-0.25, -0.2) is 9.97 Å². The van der Waals surface area contributed by atoms with Crippen molar-refractivity contribution in [2.45, 2.75) is 25.2 Å². The molecule has 3 aromatic heterocycles. The van der Waals surface area contributed by atoms with Gasteiger partial charge in [0.1, 0.15) is 11.4 Å². The van der Waals surface area contributed by atoms with Crippen LogP contribution in [0.5, 0.6) is 5.75 Å². The molecule has 1 atom stereocenters. The van der Waals surface area contributed by atoms with Crippen molar-refractivity contribution in [2.75, 3.05) is 20.2 Å². The number of carbonyl (C=O) groups is 1. The van der Waals surface area contributed by atoms with E-state index in [1.54, 1.807) is 31.9 Å². The van der Waals surface area contributed by atoms with Crippen LogP contribution in [0.15, 0.2) is 67.4 Å². The molecule has 1 aromatic carbocycles. The van der Waals surface area contributed by atoms with Crippen molar-refractivity contribution in [2.24, 2.45) is 7.05 Å². The Morgan fingerprint density at radius 2 is 1.91 bits per heavy atom. The number of methoxy groups -OCH3 is 1. The van der Waals surface area contributed by atoms with Crippen LogP contribution >= 0.6 is 0 Å². The SMILES string of the molecule is COc1ccccc1Cc1ccc(C(=O)N2CCC[C@@H](c3nccnc3-c3nccn3C)C2)cn1. The Bertz CT molecular complexity index is 1320. The molecule has 0 bridgehead atoms. The lowest BCUT2D eigenvalue weighted by atomic mass is 9.92. The highest BCUT2D eigenvalue weighted by atomic mass is 16.5. The molecule has 178 valence electrons. The molecular weight excluding hydrogens is 440 g/mol. The second-order valence-corrected chi connectivity index (χ2v) is 8.77. The average molecular weight is 469 g/mol. The quantitative estimate of drug-likeness (QED) is 0.427. The summed E-state index contributed by atoms with van der Waals surface area (Å²) in [5.74, 6) is 1.72. The van der Waals surface area contributed by atoms with Crippen molar-refractivity contribution in [1.29, 1.82) is 0 Å². The molecular formula is C27H28N6O2. The molecule has 0 spiro atoms. The zero-order valence-electron chi connectivity index (χ0n) is 20.0. The average Bonchev–Trinajstić information content (AvgIpc) is 3.34. The number of carbonyl (C=O) groups excluding carboxylic acids is 1. The minimum Gasteiger partial charge on any atom is -0.496 e. The summed E-state index contributed by atoms with van der Waals surface area (Å²) in [6, 6.07) is 11.7. The van der Waals surface area contributed by atoms with Gasteiger partial charge in [-0.05, 0) is 31.0 Å². The van der Waals surface area contributed by atoms with Crippen molar-refractivity contribution >= 4 is 5.91 Å². The van der Waals surface area contributed by atoms with Crippen LogP contribution in [0.2, 0.25) is 0 Å². The van der Waals surface area contributed by atoms with Crippen LogP contribution < -0.4 is 4.74 Å². The molecule has 4 aromatic rings. The maximum Gasteiger partial charge on any atom is 0.255 e. The van der Waals surface area contributed by atoms with Gasteiger partial charge < -0.3 is 14.2 Å². The first kappa shape index (κ1) is 22.7. The van der Waals surface area contributed by atoms with E-state index >= 15 is 0 Å². The van der Waals surface area contributed by atoms with Gasteiger partial charge in [0.15, 0.2) is 5.82 Å². The number of pyridine rings is 1. The molecule has 0 N–H and O–H groups in total. The van der Waals surface area contributed by atoms with E-state index in [1.165, 1.54) is 0 Å². The summed E-state index contributed by atoms with van der Waals surface area (Å²) in [6.45, 7) is 1.31. The fraction of sp³-hybridized carbons (Fsp3) is 0.296. The minimum absolute atomic E-state index is 0.00604. The van der Waals surface area contributed by atoms with Crippen LogP contribution in [0, 0.1) is 0 Å². The van der Waals surface area contributed by atoms with Gasteiger partial charge in [-0.15, -0.1) is 0 Å². The molecule has 0 aliphatic carbocycles. The fourth-order valence-corrected chi connectivity index (χ4v) is 4.68. The number of hydrogen-bond donors (Lipinski definition) is 0. The standard InChI is InChI=1S/C27H28N6O2/c1-32-15-13-30-26(32)25-24(28-11-12-29-25)21-7-5-14-33(18-21)27(34)20-9-10-22(31-17-20)16-19-6-3-4-8-23(19)35-2/h3-4,6,8-13,15,17,21H,5,7,14,16,18H2,1-2H3/t21-/m1/s1. The smallest absolute Gasteiger partial charge is 0.255 e. The third-order valence-corrected chi connectivity index (χ3v) is 6.49. The van der Waals surface area contributed by atoms with Crippen molar-refractivity contribution < 1.29 is 9.53 Å². The van der Waals surface area contributed by atoms with Crippen LogP contribution in [0.3, 0.4) is 0 Å². The monoisotopic (exact) mass is 468 g/mol. The predicted molar refractivity (Wildman–Crippen MR) is 132 cm³/mol. The van der Waals surface area contributed by atoms with Gasteiger partial charge in [0.2, 0.25) is 0 Å². The Kier molecular flexibility index (Phi) is 6.52. The molecule has 1 amide bonds. The molecule has 0 unspecified atom stereocenters. The van der Waals surface area contributed by atoms with E-state index in [9.17, 15) is 4.79 Å². The predicted octanol–water partition coefficient (Wildman–Crippen LogP) is 3.89. The number of likely N-dealkylation sites (tertiary alicyclic amines) is 1. The van der Waals surface area contributed by atoms with E-state index in [4.69, 9.17) is 4.74 Å². The molecule has 1 fully saturated rings. The number of rotatable bonds is 6. The first-order valence-corrected chi connectivity index (χ1v) is 11.8. The third kappa shape index (κ3) is 4.77. The number of aryl methyl sites for hydroxylation is 1. The van der Waals surface area contributed by atoms with E-state index in [0.29, 0.717) is 18.5 Å². The number of benzene rings is 1. The number of aromatic nitrogens is 5. The van der Waals surface area contributed by atoms with Crippen LogP contribution in [0.1, 0.15) is 46.1 Å². The zero-order valence-corrected chi connectivity index (χ0v) is 20.0. The lowest BCUT2D eigenvalue weighted by Crippen LogP contribution is -2.39. The molecule has 4 heterocycles. The fourth-order valence-electron chi connectivity index (χ4n) is 4.68. The van der Waals surface area contributed by atoms with E-state index in [-0.39, 0.29) is 11.8 Å². The number of para-hydroxylation sites is 1. The molecule has 1 saturated heterocycles. The largest absolute Gasteiger partial charge is 0.496 e. The van der Waals surface area contributed by atoms with Crippen molar-refractivity contribution in [3.8, 4) is 17.3 Å². The summed E-state index contributed by atoms with van der Waals surface area (Å²) in [7, 11) is 3.61. The number of amides is 1. The van der Waals surface area contributed by atoms with E-state index in [0.717, 1.165) is 53.6 Å². The Morgan fingerprint density at radius 1 is 1.06 bits per heavy atom. The summed E-state index contributed by atoms with van der Waals surface area (Å²) >= 11 is 0. The molecule has 8 heteroatoms. The van der Waals surface area contributed by atoms with E-state index < -0.39 is 0 Å². The summed E-state index contributed by atoms with van der Waals surface area (Å²) < 4.78 is 7.38. The van der Waals surface area contributed by atoms with Gasteiger partial charge in [0.05, 0.1) is 18.4 Å². The Balaban J connectivity index is 1.31. The maximum absolute atomic E-state index is 13.3. The number of nitrogens with zero attached hydrogens (tertiary/aromatic N) is 6. The molecule has 0 saturated carbocycles. The van der Waals surface area contributed by atoms with Crippen molar-refractivity contribution in [3.63, 3.8) is 0 Å². The lowest BCUT2D eigenvalue weighted by molar-refractivity contribution is 0.0705. The molecule has 0 radical (unpaired) electrons. The van der Waals surface area contributed by atoms with Crippen LogP contribution in [-0.2, 0) is 13.5 Å². The van der Waals surface area contributed by atoms with E-state index in [2.05, 4.69) is 19.9 Å². The highest BCUT2D eigenvalue weighted by molar-refractivity contribution is 5.94. The second-order valence-electron chi connectivity index (χ2n) is 8.77. The second kappa shape index (κ2) is 10.0. The van der Waals surface area contributed by atoms with E-state index in [1.807, 2.05) is 59.1 Å². The summed E-state index contributed by atoms with van der Waals surface area (Å²) in [6.07, 6.45) is 11.3. The van der Waals surface area contributed by atoms with Crippen molar-refractivity contribution in [3.05, 3.63) is 89.9 Å². The Morgan fingerprint density at radius 3 is 2.69 bits per heavy atom. The van der Waals surface area contributed by atoms with Crippen LogP contribution in [0.4, 0.5) is 0 Å². The molecule has 35 heavy (non-hydrogen) atoms. The summed E-state index contributed by atoms with van der Waals surface area (Å²) in [4.78, 5) is 33.5. The number of imidazole rings is 1. The molecule has 5 rings (SSSR count). The van der Waals surface area contributed by atoms with Gasteiger partial charge >= 0.3 is 0 Å². The zero-order chi connectivity index (χ0) is 24.2. The van der Waals surface area contributed by atoms with Gasteiger partial charge in [-0.3, -0.25) is 14.8 Å². The third-order valence-electron chi connectivity index (χ3n) is 6.49. The Labute approximate surface area is 204 Å². The lowest BCUT2D eigenvalue weighted by Gasteiger charge is -2.33. The number of piperidine rings is 1. The molecule has 1 aliphatic rings. The van der Waals surface area contributed by atoms with Crippen molar-refractivity contribution in [1.82, 2.24) is 29.4 Å². The van der Waals surface area contributed by atoms with Crippen LogP contribution in [-0.4, -0.2) is 55.5 Å². The normalized spacial score (nSPS) is 15.7. The molecule has 8 nitrogen and oxygen atoms in total. The Hall–Kier alpha value is -4.07. The summed E-state index contributed by atoms with van der Waals surface area (Å²) in [5.41, 5.74) is 4.22. The number of ether oxygens (including phenoxy) is 1. The minimum atomic E-state index is -0.00604. The topological polar surface area (TPSA) is 86.0 Å². The number of hydrogen-bond acceptors (Lipinski definition) is 6.